The lowest BCUT2D eigenvalue weighted by molar-refractivity contribution is 0.0667. The maximum atomic E-state index is 13.4. The Morgan fingerprint density at radius 2 is 1.97 bits per heavy atom. The van der Waals surface area contributed by atoms with Crippen molar-refractivity contribution in [1.82, 2.24) is 10.6 Å². The van der Waals surface area contributed by atoms with E-state index in [0.717, 1.165) is 0 Å². The number of amides is 2. The van der Waals surface area contributed by atoms with E-state index in [2.05, 4.69) is 10.6 Å². The smallest absolute Gasteiger partial charge is 0.408 e. The molecule has 2 N–H and O–H groups in total. The normalized spacial score (nSPS) is 18.2. The number of ether oxygens (including phenoxy) is 2. The SMILES string of the molecule is CNC(=O)c1c(-c2ccc(F)cc2)oc2cc(C3(C)CNC(=O)O3)c(OC(C)C)cc12. The number of benzene rings is 2. The summed E-state index contributed by atoms with van der Waals surface area (Å²) in [4.78, 5) is 24.5. The summed E-state index contributed by atoms with van der Waals surface area (Å²) in [6.07, 6.45) is -0.674. The van der Waals surface area contributed by atoms with Gasteiger partial charge in [0.15, 0.2) is 5.60 Å². The van der Waals surface area contributed by atoms with Crippen LogP contribution in [0.1, 0.15) is 36.7 Å². The second-order valence-electron chi connectivity index (χ2n) is 7.88. The third-order valence-electron chi connectivity index (χ3n) is 5.17. The zero-order valence-corrected chi connectivity index (χ0v) is 17.7. The molecule has 1 fully saturated rings. The van der Waals surface area contributed by atoms with Gasteiger partial charge in [-0.15, -0.1) is 0 Å². The van der Waals surface area contributed by atoms with Gasteiger partial charge in [-0.05, 0) is 57.2 Å². The van der Waals surface area contributed by atoms with Gasteiger partial charge in [0.1, 0.15) is 22.9 Å². The van der Waals surface area contributed by atoms with Crippen LogP contribution in [0.15, 0.2) is 40.8 Å². The largest absolute Gasteiger partial charge is 0.491 e. The summed E-state index contributed by atoms with van der Waals surface area (Å²) >= 11 is 0. The molecule has 1 aliphatic heterocycles. The van der Waals surface area contributed by atoms with Crippen LogP contribution in [0, 0.1) is 5.82 Å². The molecule has 1 atom stereocenters. The molecule has 2 amide bonds. The third kappa shape index (κ3) is 3.69. The van der Waals surface area contributed by atoms with Crippen molar-refractivity contribution in [3.05, 3.63) is 53.3 Å². The molecule has 0 aliphatic carbocycles. The van der Waals surface area contributed by atoms with Gasteiger partial charge in [0.2, 0.25) is 0 Å². The molecule has 0 spiro atoms. The van der Waals surface area contributed by atoms with Crippen molar-refractivity contribution in [2.75, 3.05) is 13.6 Å². The van der Waals surface area contributed by atoms with E-state index in [0.29, 0.717) is 39.2 Å². The fourth-order valence-electron chi connectivity index (χ4n) is 3.71. The van der Waals surface area contributed by atoms with Crippen LogP contribution in [0.4, 0.5) is 9.18 Å². The number of furan rings is 1. The van der Waals surface area contributed by atoms with Crippen molar-refractivity contribution in [2.45, 2.75) is 32.5 Å². The summed E-state index contributed by atoms with van der Waals surface area (Å²) in [7, 11) is 1.53. The monoisotopic (exact) mass is 426 g/mol. The molecule has 3 aromatic rings. The quantitative estimate of drug-likeness (QED) is 0.634. The number of halogens is 1. The van der Waals surface area contributed by atoms with E-state index in [1.807, 2.05) is 13.8 Å². The Bertz CT molecular complexity index is 1170. The van der Waals surface area contributed by atoms with Crippen LogP contribution in [-0.2, 0) is 10.3 Å². The Kier molecular flexibility index (Phi) is 5.08. The topological polar surface area (TPSA) is 89.8 Å². The van der Waals surface area contributed by atoms with Crippen LogP contribution in [0.2, 0.25) is 0 Å². The Hall–Kier alpha value is -3.55. The van der Waals surface area contributed by atoms with Gasteiger partial charge >= 0.3 is 6.09 Å². The molecule has 8 heteroatoms. The Morgan fingerprint density at radius 1 is 1.26 bits per heavy atom. The first-order valence-corrected chi connectivity index (χ1v) is 9.94. The molecular weight excluding hydrogens is 403 g/mol. The lowest BCUT2D eigenvalue weighted by Gasteiger charge is -2.25. The van der Waals surface area contributed by atoms with Crippen molar-refractivity contribution in [3.63, 3.8) is 0 Å². The van der Waals surface area contributed by atoms with Crippen LogP contribution < -0.4 is 15.4 Å². The van der Waals surface area contributed by atoms with E-state index < -0.39 is 11.7 Å². The number of hydrogen-bond acceptors (Lipinski definition) is 5. The van der Waals surface area contributed by atoms with Gasteiger partial charge < -0.3 is 24.5 Å². The van der Waals surface area contributed by atoms with E-state index in [9.17, 15) is 14.0 Å². The summed E-state index contributed by atoms with van der Waals surface area (Å²) in [5.74, 6) is 0.0630. The van der Waals surface area contributed by atoms with Crippen molar-refractivity contribution in [1.29, 1.82) is 0 Å². The maximum Gasteiger partial charge on any atom is 0.408 e. The molecule has 1 saturated heterocycles. The average molecular weight is 426 g/mol. The number of cyclic esters (lactones) is 1. The first kappa shape index (κ1) is 20.7. The second kappa shape index (κ2) is 7.61. The molecule has 1 aromatic heterocycles. The highest BCUT2D eigenvalue weighted by Crippen LogP contribution is 2.42. The molecule has 4 rings (SSSR count). The van der Waals surface area contributed by atoms with Gasteiger partial charge in [0.05, 0.1) is 18.2 Å². The molecular formula is C23H23FN2O5. The van der Waals surface area contributed by atoms with Crippen molar-refractivity contribution in [3.8, 4) is 17.1 Å². The summed E-state index contributed by atoms with van der Waals surface area (Å²) in [6.45, 7) is 5.81. The predicted octanol–water partition coefficient (Wildman–Crippen LogP) is 4.34. The number of carbonyl (C=O) groups is 2. The predicted molar refractivity (Wildman–Crippen MR) is 113 cm³/mol. The lowest BCUT2D eigenvalue weighted by Crippen LogP contribution is -2.27. The molecule has 2 aromatic carbocycles. The first-order chi connectivity index (χ1) is 14.7. The standard InChI is InChI=1S/C23H23FN2O5/c1-12(2)29-18-9-15-17(10-16(18)23(3)11-26-22(28)31-23)30-20(19(15)21(27)25-4)13-5-7-14(24)8-6-13/h5-10,12H,11H2,1-4H3,(H,25,27)(H,26,28). The summed E-state index contributed by atoms with van der Waals surface area (Å²) < 4.78 is 31.1. The number of hydrogen-bond donors (Lipinski definition) is 2. The van der Waals surface area contributed by atoms with Gasteiger partial charge in [0, 0.05) is 23.6 Å². The van der Waals surface area contributed by atoms with Gasteiger partial charge in [0.25, 0.3) is 5.91 Å². The van der Waals surface area contributed by atoms with E-state index in [4.69, 9.17) is 13.9 Å². The third-order valence-corrected chi connectivity index (χ3v) is 5.17. The second-order valence-corrected chi connectivity index (χ2v) is 7.88. The number of alkyl carbamates (subject to hydrolysis) is 1. The van der Waals surface area contributed by atoms with Crippen LogP contribution in [-0.4, -0.2) is 31.7 Å². The molecule has 31 heavy (non-hydrogen) atoms. The fourth-order valence-corrected chi connectivity index (χ4v) is 3.71. The van der Waals surface area contributed by atoms with Gasteiger partial charge in [-0.25, -0.2) is 9.18 Å². The van der Waals surface area contributed by atoms with Gasteiger partial charge in [-0.1, -0.05) is 0 Å². The van der Waals surface area contributed by atoms with Crippen LogP contribution in [0.3, 0.4) is 0 Å². The van der Waals surface area contributed by atoms with Crippen molar-refractivity contribution >= 4 is 23.0 Å². The molecule has 0 bridgehead atoms. The molecule has 1 unspecified atom stereocenters. The van der Waals surface area contributed by atoms with Crippen LogP contribution >= 0.6 is 0 Å². The van der Waals surface area contributed by atoms with Crippen molar-refractivity contribution in [2.24, 2.45) is 0 Å². The highest BCUT2D eigenvalue weighted by molar-refractivity contribution is 6.11. The number of carbonyl (C=O) groups excluding carboxylic acids is 2. The number of fused-ring (bicyclic) bond motifs is 1. The zero-order chi connectivity index (χ0) is 22.3. The fraction of sp³-hybridized carbons (Fsp3) is 0.304. The molecule has 0 radical (unpaired) electrons. The van der Waals surface area contributed by atoms with E-state index >= 15 is 0 Å². The molecule has 1 aliphatic rings. The first-order valence-electron chi connectivity index (χ1n) is 9.94. The van der Waals surface area contributed by atoms with Gasteiger partial charge in [-0.3, -0.25) is 4.79 Å². The van der Waals surface area contributed by atoms with E-state index in [1.54, 1.807) is 31.2 Å². The van der Waals surface area contributed by atoms with Crippen LogP contribution in [0.5, 0.6) is 5.75 Å². The number of rotatable bonds is 5. The van der Waals surface area contributed by atoms with Crippen molar-refractivity contribution < 1.29 is 27.9 Å². The highest BCUT2D eigenvalue weighted by Gasteiger charge is 2.40. The molecule has 162 valence electrons. The zero-order valence-electron chi connectivity index (χ0n) is 17.7. The van der Waals surface area contributed by atoms with E-state index in [-0.39, 0.29) is 24.4 Å². The summed E-state index contributed by atoms with van der Waals surface area (Å²) in [5.41, 5.74) is 0.953. The van der Waals surface area contributed by atoms with Crippen LogP contribution in [0.25, 0.3) is 22.3 Å². The minimum Gasteiger partial charge on any atom is -0.491 e. The summed E-state index contributed by atoms with van der Waals surface area (Å²) in [5, 5.41) is 5.84. The molecule has 7 nitrogen and oxygen atoms in total. The number of nitrogens with one attached hydrogen (secondary N) is 2. The minimum absolute atomic E-state index is 0.156. The van der Waals surface area contributed by atoms with E-state index in [1.165, 1.54) is 19.2 Å². The molecule has 2 heterocycles. The average Bonchev–Trinajstić information content (AvgIpc) is 3.27. The minimum atomic E-state index is -0.967. The highest BCUT2D eigenvalue weighted by atomic mass is 19.1. The summed E-state index contributed by atoms with van der Waals surface area (Å²) in [6, 6.07) is 9.17. The lowest BCUT2D eigenvalue weighted by atomic mass is 9.93. The Balaban J connectivity index is 1.98. The Labute approximate surface area is 178 Å². The molecule has 0 saturated carbocycles. The maximum absolute atomic E-state index is 13.4. The Morgan fingerprint density at radius 3 is 2.55 bits per heavy atom. The van der Waals surface area contributed by atoms with Gasteiger partial charge in [-0.2, -0.15) is 0 Å².